The summed E-state index contributed by atoms with van der Waals surface area (Å²) in [6, 6.07) is 16.6. The first-order valence-electron chi connectivity index (χ1n) is 8.81. The highest BCUT2D eigenvalue weighted by atomic mass is 16.3. The van der Waals surface area contributed by atoms with Crippen LogP contribution in [0.25, 0.3) is 17.0 Å². The van der Waals surface area contributed by atoms with Crippen molar-refractivity contribution in [3.8, 4) is 0 Å². The lowest BCUT2D eigenvalue weighted by Gasteiger charge is -2.31. The quantitative estimate of drug-likeness (QED) is 0.712. The van der Waals surface area contributed by atoms with Gasteiger partial charge in [0, 0.05) is 35.6 Å². The molecule has 1 heterocycles. The van der Waals surface area contributed by atoms with Gasteiger partial charge in [0.05, 0.1) is 0 Å². The molecule has 0 saturated heterocycles. The van der Waals surface area contributed by atoms with Crippen LogP contribution in [0.3, 0.4) is 0 Å². The number of fused-ring (bicyclic) bond motifs is 2. The van der Waals surface area contributed by atoms with Crippen LogP contribution in [0.5, 0.6) is 0 Å². The van der Waals surface area contributed by atoms with Gasteiger partial charge >= 0.3 is 0 Å². The number of aryl methyl sites for hydroxylation is 1. The predicted molar refractivity (Wildman–Crippen MR) is 99.9 cm³/mol. The average molecular weight is 317 g/mol. The number of para-hydroxylation sites is 1. The molecule has 0 bridgehead atoms. The second kappa shape index (κ2) is 5.95. The molecule has 0 unspecified atom stereocenters. The van der Waals surface area contributed by atoms with Gasteiger partial charge in [0.2, 0.25) is 0 Å². The second-order valence-corrected chi connectivity index (χ2v) is 6.66. The molecule has 0 fully saturated rings. The molecule has 3 aromatic rings. The van der Waals surface area contributed by atoms with Crippen molar-refractivity contribution in [2.45, 2.75) is 38.3 Å². The summed E-state index contributed by atoms with van der Waals surface area (Å²) < 4.78 is 2.30. The highest BCUT2D eigenvalue weighted by molar-refractivity contribution is 5.86. The Bertz CT molecular complexity index is 905. The number of aliphatic hydroxyl groups is 1. The van der Waals surface area contributed by atoms with E-state index in [2.05, 4.69) is 66.2 Å². The Kier molecular flexibility index (Phi) is 3.78. The van der Waals surface area contributed by atoms with Gasteiger partial charge in [-0.15, -0.1) is 0 Å². The molecule has 1 atom stereocenters. The van der Waals surface area contributed by atoms with Gasteiger partial charge in [-0.1, -0.05) is 68.0 Å². The maximum Gasteiger partial charge on any atom is 0.121 e. The molecular weight excluding hydrogens is 294 g/mol. The molecule has 4 rings (SSSR count). The summed E-state index contributed by atoms with van der Waals surface area (Å²) in [5.41, 5.74) is 3.39. The van der Waals surface area contributed by atoms with E-state index in [0.717, 1.165) is 41.5 Å². The molecule has 122 valence electrons. The summed E-state index contributed by atoms with van der Waals surface area (Å²) in [5, 5.41) is 12.8. The molecule has 0 saturated carbocycles. The Morgan fingerprint density at radius 3 is 2.71 bits per heavy atom. The van der Waals surface area contributed by atoms with Crippen LogP contribution in [-0.4, -0.2) is 9.67 Å². The predicted octanol–water partition coefficient (Wildman–Crippen LogP) is 5.09. The maximum absolute atomic E-state index is 11.7. The number of hydrogen-bond acceptors (Lipinski definition) is 1. The summed E-state index contributed by atoms with van der Waals surface area (Å²) in [5.74, 6) is 0. The van der Waals surface area contributed by atoms with E-state index in [1.165, 1.54) is 5.52 Å². The Morgan fingerprint density at radius 1 is 1.04 bits per heavy atom. The largest absolute Gasteiger partial charge is 0.380 e. The number of aromatic nitrogens is 1. The van der Waals surface area contributed by atoms with Crippen molar-refractivity contribution in [3.63, 3.8) is 0 Å². The van der Waals surface area contributed by atoms with Gasteiger partial charge in [-0.2, -0.15) is 0 Å². The summed E-state index contributed by atoms with van der Waals surface area (Å²) in [4.78, 5) is 0. The third-order valence-electron chi connectivity index (χ3n) is 5.10. The van der Waals surface area contributed by atoms with Crippen molar-refractivity contribution in [2.24, 2.45) is 0 Å². The minimum absolute atomic E-state index is 0.617. The van der Waals surface area contributed by atoms with Crippen LogP contribution in [-0.2, 0) is 12.1 Å². The first-order valence-corrected chi connectivity index (χ1v) is 8.81. The Labute approximate surface area is 143 Å². The van der Waals surface area contributed by atoms with Crippen LogP contribution in [0.4, 0.5) is 0 Å². The summed E-state index contributed by atoms with van der Waals surface area (Å²) in [7, 11) is 0. The van der Waals surface area contributed by atoms with Crippen LogP contribution in [0.15, 0.2) is 60.8 Å². The van der Waals surface area contributed by atoms with Crippen molar-refractivity contribution in [3.05, 3.63) is 77.5 Å². The number of nitrogens with zero attached hydrogens (tertiary/aromatic N) is 1. The normalized spacial score (nSPS) is 19.6. The van der Waals surface area contributed by atoms with E-state index in [4.69, 9.17) is 0 Å². The van der Waals surface area contributed by atoms with Crippen LogP contribution in [0, 0.1) is 0 Å². The van der Waals surface area contributed by atoms with Gasteiger partial charge in [0.15, 0.2) is 0 Å². The smallest absolute Gasteiger partial charge is 0.121 e. The molecule has 1 aliphatic carbocycles. The van der Waals surface area contributed by atoms with E-state index in [-0.39, 0.29) is 0 Å². The molecule has 2 heteroatoms. The second-order valence-electron chi connectivity index (χ2n) is 6.66. The van der Waals surface area contributed by atoms with Crippen molar-refractivity contribution in [1.82, 2.24) is 4.57 Å². The molecule has 1 aromatic heterocycles. The molecule has 0 amide bonds. The summed E-state index contributed by atoms with van der Waals surface area (Å²) in [6.07, 6.45) is 9.29. The van der Waals surface area contributed by atoms with Crippen LogP contribution < -0.4 is 0 Å². The number of unbranched alkanes of at least 4 members (excludes halogenated alkanes) is 1. The molecular formula is C22H23NO. The van der Waals surface area contributed by atoms with Crippen LogP contribution in [0.2, 0.25) is 0 Å². The monoisotopic (exact) mass is 317 g/mol. The van der Waals surface area contributed by atoms with Crippen molar-refractivity contribution >= 4 is 17.0 Å². The zero-order valence-corrected chi connectivity index (χ0v) is 14.1. The van der Waals surface area contributed by atoms with Gasteiger partial charge in [0.25, 0.3) is 0 Å². The first-order chi connectivity index (χ1) is 11.7. The van der Waals surface area contributed by atoms with E-state index < -0.39 is 5.60 Å². The lowest BCUT2D eigenvalue weighted by atomic mass is 9.78. The highest BCUT2D eigenvalue weighted by Gasteiger charge is 2.36. The van der Waals surface area contributed by atoms with Crippen molar-refractivity contribution in [1.29, 1.82) is 0 Å². The highest BCUT2D eigenvalue weighted by Crippen LogP contribution is 2.42. The lowest BCUT2D eigenvalue weighted by molar-refractivity contribution is 0.0841. The third kappa shape index (κ3) is 2.30. The zero-order valence-electron chi connectivity index (χ0n) is 14.1. The minimum atomic E-state index is -0.956. The van der Waals surface area contributed by atoms with E-state index in [1.54, 1.807) is 0 Å². The summed E-state index contributed by atoms with van der Waals surface area (Å²) >= 11 is 0. The maximum atomic E-state index is 11.7. The fourth-order valence-corrected chi connectivity index (χ4v) is 3.83. The average Bonchev–Trinajstić information content (AvgIpc) is 3.00. The Hall–Kier alpha value is -2.32. The Morgan fingerprint density at radius 2 is 1.83 bits per heavy atom. The van der Waals surface area contributed by atoms with E-state index in [9.17, 15) is 5.11 Å². The Balaban J connectivity index is 1.92. The standard InChI is InChI=1S/C22H23NO/c1-2-3-15-23-16-20(18-11-5-7-13-21(18)23)22(24)14-8-10-17-9-4-6-12-19(17)22/h4-13,16,24H,2-3,14-15H2,1H3/t22-/m0/s1. The van der Waals surface area contributed by atoms with E-state index in [0.29, 0.717) is 6.42 Å². The first kappa shape index (κ1) is 15.2. The number of benzene rings is 2. The van der Waals surface area contributed by atoms with Gasteiger partial charge in [-0.25, -0.2) is 0 Å². The van der Waals surface area contributed by atoms with Crippen molar-refractivity contribution < 1.29 is 5.11 Å². The molecule has 0 radical (unpaired) electrons. The van der Waals surface area contributed by atoms with Gasteiger partial charge in [-0.3, -0.25) is 0 Å². The fourth-order valence-electron chi connectivity index (χ4n) is 3.83. The molecule has 2 nitrogen and oxygen atoms in total. The van der Waals surface area contributed by atoms with Gasteiger partial charge < -0.3 is 9.67 Å². The van der Waals surface area contributed by atoms with Crippen LogP contribution in [0.1, 0.15) is 42.9 Å². The fraction of sp³-hybridized carbons (Fsp3) is 0.273. The number of rotatable bonds is 4. The third-order valence-corrected chi connectivity index (χ3v) is 5.10. The van der Waals surface area contributed by atoms with E-state index in [1.807, 2.05) is 12.1 Å². The summed E-state index contributed by atoms with van der Waals surface area (Å²) in [6.45, 7) is 3.20. The van der Waals surface area contributed by atoms with Gasteiger partial charge in [-0.05, 0) is 23.6 Å². The molecule has 2 aromatic carbocycles. The van der Waals surface area contributed by atoms with Crippen molar-refractivity contribution in [2.75, 3.05) is 0 Å². The topological polar surface area (TPSA) is 25.2 Å². The van der Waals surface area contributed by atoms with E-state index >= 15 is 0 Å². The molecule has 24 heavy (non-hydrogen) atoms. The molecule has 1 N–H and O–H groups in total. The minimum Gasteiger partial charge on any atom is -0.380 e. The van der Waals surface area contributed by atoms with Gasteiger partial charge in [0.1, 0.15) is 5.60 Å². The lowest BCUT2D eigenvalue weighted by Crippen LogP contribution is -2.29. The number of hydrogen-bond donors (Lipinski definition) is 1. The molecule has 0 spiro atoms. The SMILES string of the molecule is CCCCn1cc([C@]2(O)CC=Cc3ccccc32)c2ccccc21. The zero-order chi connectivity index (χ0) is 16.6. The molecule has 0 aliphatic heterocycles. The molecule has 1 aliphatic rings. The van der Waals surface area contributed by atoms with Crippen LogP contribution >= 0.6 is 0 Å².